The van der Waals surface area contributed by atoms with Gasteiger partial charge in [-0.25, -0.2) is 0 Å². The molecule has 0 fully saturated rings. The zero-order chi connectivity index (χ0) is 9.30. The molecular formula is C7H12N2O2S. The minimum absolute atomic E-state index is 0.0266. The molecule has 1 heterocycles. The number of amides is 1. The van der Waals surface area contributed by atoms with E-state index in [2.05, 4.69) is 0 Å². The molecule has 0 saturated carbocycles. The van der Waals surface area contributed by atoms with Gasteiger partial charge in [0.25, 0.3) is 5.91 Å². The van der Waals surface area contributed by atoms with E-state index >= 15 is 0 Å². The number of rotatable bonds is 1. The van der Waals surface area contributed by atoms with Crippen LogP contribution in [0.25, 0.3) is 0 Å². The van der Waals surface area contributed by atoms with Crippen molar-refractivity contribution in [2.24, 2.45) is 5.73 Å². The predicted molar refractivity (Wildman–Crippen MR) is 48.8 cm³/mol. The fourth-order valence-corrected chi connectivity index (χ4v) is 1.98. The van der Waals surface area contributed by atoms with Crippen LogP contribution in [0, 0.1) is 0 Å². The fourth-order valence-electron chi connectivity index (χ4n) is 0.869. The van der Waals surface area contributed by atoms with E-state index in [0.29, 0.717) is 10.7 Å². The van der Waals surface area contributed by atoms with E-state index in [1.165, 1.54) is 16.7 Å². The van der Waals surface area contributed by atoms with Crippen LogP contribution in [0.3, 0.4) is 0 Å². The number of nitrogens with zero attached hydrogens (tertiary/aromatic N) is 1. The lowest BCUT2D eigenvalue weighted by Crippen LogP contribution is -2.25. The monoisotopic (exact) mass is 188 g/mol. The molecule has 5 heteroatoms. The van der Waals surface area contributed by atoms with Crippen molar-refractivity contribution < 1.29 is 9.90 Å². The van der Waals surface area contributed by atoms with Gasteiger partial charge in [0.1, 0.15) is 10.7 Å². The van der Waals surface area contributed by atoms with Gasteiger partial charge < -0.3 is 15.7 Å². The lowest BCUT2D eigenvalue weighted by atomic mass is 10.3. The lowest BCUT2D eigenvalue weighted by molar-refractivity contribution is -0.124. The van der Waals surface area contributed by atoms with Crippen molar-refractivity contribution in [3.05, 3.63) is 10.7 Å². The molecule has 1 aliphatic heterocycles. The quantitative estimate of drug-likeness (QED) is 0.604. The summed E-state index contributed by atoms with van der Waals surface area (Å²) in [5, 5.41) is 9.36. The summed E-state index contributed by atoms with van der Waals surface area (Å²) in [6.07, 6.45) is 0. The van der Waals surface area contributed by atoms with Crippen LogP contribution in [0.15, 0.2) is 10.7 Å². The first-order valence-electron chi connectivity index (χ1n) is 3.57. The van der Waals surface area contributed by atoms with E-state index in [1.54, 1.807) is 14.1 Å². The first-order valence-corrected chi connectivity index (χ1v) is 4.55. The summed E-state index contributed by atoms with van der Waals surface area (Å²) < 4.78 is 0. The van der Waals surface area contributed by atoms with Gasteiger partial charge in [-0.15, -0.1) is 11.8 Å². The topological polar surface area (TPSA) is 66.6 Å². The molecule has 3 N–H and O–H groups in total. The van der Waals surface area contributed by atoms with Gasteiger partial charge >= 0.3 is 0 Å². The van der Waals surface area contributed by atoms with Gasteiger partial charge in [-0.05, 0) is 0 Å². The van der Waals surface area contributed by atoms with E-state index in [1.807, 2.05) is 0 Å². The molecule has 1 unspecified atom stereocenters. The van der Waals surface area contributed by atoms with Gasteiger partial charge in [0, 0.05) is 19.8 Å². The minimum atomic E-state index is -0.381. The van der Waals surface area contributed by atoms with E-state index in [-0.39, 0.29) is 17.7 Å². The normalized spacial score (nSPS) is 23.1. The van der Waals surface area contributed by atoms with Crippen LogP contribution in [0.1, 0.15) is 0 Å². The van der Waals surface area contributed by atoms with Crippen molar-refractivity contribution in [3.8, 4) is 0 Å². The van der Waals surface area contributed by atoms with E-state index < -0.39 is 0 Å². The van der Waals surface area contributed by atoms with E-state index in [9.17, 15) is 9.90 Å². The largest absolute Gasteiger partial charge is 0.509 e. The Bertz CT molecular complexity index is 238. The average Bonchev–Trinajstić information content (AvgIpc) is 2.32. The second-order valence-electron chi connectivity index (χ2n) is 2.83. The molecule has 0 aromatic rings. The minimum Gasteiger partial charge on any atom is -0.509 e. The summed E-state index contributed by atoms with van der Waals surface area (Å²) in [7, 11) is 3.29. The third-order valence-electron chi connectivity index (χ3n) is 1.59. The van der Waals surface area contributed by atoms with Crippen LogP contribution in [-0.4, -0.2) is 41.8 Å². The molecule has 1 amide bonds. The number of aliphatic hydroxyl groups is 1. The number of carbonyl (C=O) groups excluding carboxylic acids is 1. The molecule has 0 aromatic carbocycles. The highest BCUT2D eigenvalue weighted by molar-refractivity contribution is 8.04. The summed E-state index contributed by atoms with van der Waals surface area (Å²) in [5.74, 6) is 0.435. The second-order valence-corrected chi connectivity index (χ2v) is 3.86. The Balaban J connectivity index is 2.82. The van der Waals surface area contributed by atoms with E-state index in [4.69, 9.17) is 5.73 Å². The molecule has 0 saturated heterocycles. The van der Waals surface area contributed by atoms with Gasteiger partial charge in [0.2, 0.25) is 0 Å². The number of carbonyl (C=O) groups is 1. The first-order chi connectivity index (χ1) is 5.54. The molecule has 0 bridgehead atoms. The SMILES string of the molecule is CN(C)C(=O)C1=C(O)C(N)CS1. The van der Waals surface area contributed by atoms with Crippen molar-refractivity contribution >= 4 is 17.7 Å². The summed E-state index contributed by atoms with van der Waals surface area (Å²) in [4.78, 5) is 13.1. The van der Waals surface area contributed by atoms with Gasteiger partial charge in [0.05, 0.1) is 6.04 Å². The smallest absolute Gasteiger partial charge is 0.263 e. The highest BCUT2D eigenvalue weighted by Crippen LogP contribution is 2.29. The Morgan fingerprint density at radius 3 is 2.67 bits per heavy atom. The number of hydrogen-bond donors (Lipinski definition) is 2. The van der Waals surface area contributed by atoms with Crippen LogP contribution in [-0.2, 0) is 4.79 Å². The van der Waals surface area contributed by atoms with Crippen LogP contribution in [0.5, 0.6) is 0 Å². The third kappa shape index (κ3) is 1.56. The maximum absolute atomic E-state index is 11.3. The Morgan fingerprint density at radius 2 is 2.33 bits per heavy atom. The summed E-state index contributed by atoms with van der Waals surface area (Å²) >= 11 is 1.31. The molecule has 4 nitrogen and oxygen atoms in total. The van der Waals surface area contributed by atoms with Crippen molar-refractivity contribution in [3.63, 3.8) is 0 Å². The second kappa shape index (κ2) is 3.37. The maximum Gasteiger partial charge on any atom is 0.263 e. The van der Waals surface area contributed by atoms with Crippen LogP contribution >= 0.6 is 11.8 Å². The Kier molecular flexibility index (Phi) is 2.64. The highest BCUT2D eigenvalue weighted by Gasteiger charge is 2.28. The van der Waals surface area contributed by atoms with Gasteiger partial charge in [0.15, 0.2) is 0 Å². The lowest BCUT2D eigenvalue weighted by Gasteiger charge is -2.10. The van der Waals surface area contributed by atoms with Crippen molar-refractivity contribution in [1.82, 2.24) is 4.90 Å². The van der Waals surface area contributed by atoms with Gasteiger partial charge in [-0.3, -0.25) is 4.79 Å². The predicted octanol–water partition coefficient (Wildman–Crippen LogP) is -0.0817. The van der Waals surface area contributed by atoms with E-state index in [0.717, 1.165) is 0 Å². The van der Waals surface area contributed by atoms with Gasteiger partial charge in [-0.2, -0.15) is 0 Å². The Hall–Kier alpha value is -0.680. The molecule has 0 radical (unpaired) electrons. The third-order valence-corrected chi connectivity index (χ3v) is 2.79. The van der Waals surface area contributed by atoms with Gasteiger partial charge in [-0.1, -0.05) is 0 Å². The Morgan fingerprint density at radius 1 is 1.75 bits per heavy atom. The van der Waals surface area contributed by atoms with Crippen molar-refractivity contribution in [2.75, 3.05) is 19.8 Å². The van der Waals surface area contributed by atoms with Crippen molar-refractivity contribution in [2.45, 2.75) is 6.04 Å². The van der Waals surface area contributed by atoms with Crippen LogP contribution in [0.4, 0.5) is 0 Å². The molecule has 0 aliphatic carbocycles. The molecule has 0 spiro atoms. The molecule has 1 atom stereocenters. The zero-order valence-corrected chi connectivity index (χ0v) is 7.89. The Labute approximate surface area is 75.4 Å². The number of likely N-dealkylation sites (N-methyl/N-ethyl adjacent to an activating group) is 1. The van der Waals surface area contributed by atoms with Crippen LogP contribution < -0.4 is 5.73 Å². The molecule has 12 heavy (non-hydrogen) atoms. The molecule has 1 aliphatic rings. The average molecular weight is 188 g/mol. The maximum atomic E-state index is 11.3. The first kappa shape index (κ1) is 9.41. The number of thioether (sulfide) groups is 1. The molecule has 68 valence electrons. The molecule has 0 aromatic heterocycles. The summed E-state index contributed by atoms with van der Waals surface area (Å²) in [6, 6.07) is -0.381. The zero-order valence-electron chi connectivity index (χ0n) is 7.07. The highest BCUT2D eigenvalue weighted by atomic mass is 32.2. The van der Waals surface area contributed by atoms with Crippen molar-refractivity contribution in [1.29, 1.82) is 0 Å². The number of hydrogen-bond acceptors (Lipinski definition) is 4. The molecule has 1 rings (SSSR count). The fraction of sp³-hybridized carbons (Fsp3) is 0.571. The van der Waals surface area contributed by atoms with Crippen LogP contribution in [0.2, 0.25) is 0 Å². The summed E-state index contributed by atoms with van der Waals surface area (Å²) in [6.45, 7) is 0. The summed E-state index contributed by atoms with van der Waals surface area (Å²) in [5.41, 5.74) is 5.51. The standard InChI is InChI=1S/C7H12N2O2S/c1-9(2)7(11)6-5(10)4(8)3-12-6/h4,10H,3,8H2,1-2H3. The number of nitrogens with two attached hydrogens (primary N) is 1. The number of aliphatic hydroxyl groups excluding tert-OH is 1. The molecular weight excluding hydrogens is 176 g/mol.